The molecule has 0 saturated heterocycles. The number of hydrogen-bond acceptors (Lipinski definition) is 5. The minimum atomic E-state index is 0.497. The van der Waals surface area contributed by atoms with E-state index in [1.54, 1.807) is 20.4 Å². The molecule has 0 heterocycles. The van der Waals surface area contributed by atoms with Crippen molar-refractivity contribution in [2.75, 3.05) is 14.2 Å². The summed E-state index contributed by atoms with van der Waals surface area (Å²) >= 11 is 3.44. The summed E-state index contributed by atoms with van der Waals surface area (Å²) in [6, 6.07) is 21.7. The fraction of sp³-hybridized carbons (Fsp3) is 0.174. The van der Waals surface area contributed by atoms with E-state index in [1.165, 1.54) is 0 Å². The van der Waals surface area contributed by atoms with Crippen LogP contribution >= 0.6 is 15.9 Å². The third kappa shape index (κ3) is 5.99. The number of methoxy groups -OCH3 is 2. The van der Waals surface area contributed by atoms with Gasteiger partial charge in [-0.25, -0.2) is 0 Å². The molecule has 3 aromatic carbocycles. The minimum Gasteiger partial charge on any atom is -0.493 e. The van der Waals surface area contributed by atoms with Gasteiger partial charge < -0.3 is 19.6 Å². The first-order valence-corrected chi connectivity index (χ1v) is 9.92. The zero-order valence-electron chi connectivity index (χ0n) is 16.4. The van der Waals surface area contributed by atoms with E-state index in [9.17, 15) is 0 Å². The SMILES string of the molecule is COc1ccc(CN/N=C/c2ccccc2OCc2ccc(Br)cc2)cc1OC. The summed E-state index contributed by atoms with van der Waals surface area (Å²) in [7, 11) is 3.24. The molecule has 0 aliphatic carbocycles. The van der Waals surface area contributed by atoms with Crippen LogP contribution < -0.4 is 19.6 Å². The van der Waals surface area contributed by atoms with Crippen LogP contribution in [0, 0.1) is 0 Å². The lowest BCUT2D eigenvalue weighted by atomic mass is 10.2. The standard InChI is InChI=1S/C23H23BrN2O3/c1-27-22-12-9-18(13-23(22)28-2)14-25-26-15-19-5-3-4-6-21(19)29-16-17-7-10-20(24)11-8-17/h3-13,15,25H,14,16H2,1-2H3/b26-15+. The van der Waals surface area contributed by atoms with Crippen molar-refractivity contribution in [1.82, 2.24) is 5.43 Å². The normalized spacial score (nSPS) is 10.7. The molecule has 5 nitrogen and oxygen atoms in total. The Morgan fingerprint density at radius 2 is 1.59 bits per heavy atom. The van der Waals surface area contributed by atoms with Crippen LogP contribution in [0.4, 0.5) is 0 Å². The van der Waals surface area contributed by atoms with Crippen LogP contribution in [0.3, 0.4) is 0 Å². The maximum atomic E-state index is 5.97. The molecule has 0 atom stereocenters. The van der Waals surface area contributed by atoms with Crippen molar-refractivity contribution in [3.8, 4) is 17.2 Å². The number of benzene rings is 3. The molecule has 29 heavy (non-hydrogen) atoms. The zero-order valence-corrected chi connectivity index (χ0v) is 18.0. The molecule has 0 amide bonds. The van der Waals surface area contributed by atoms with Crippen LogP contribution in [0.5, 0.6) is 17.2 Å². The van der Waals surface area contributed by atoms with Crippen molar-refractivity contribution in [1.29, 1.82) is 0 Å². The Morgan fingerprint density at radius 3 is 2.34 bits per heavy atom. The van der Waals surface area contributed by atoms with E-state index in [-0.39, 0.29) is 0 Å². The predicted molar refractivity (Wildman–Crippen MR) is 119 cm³/mol. The molecule has 1 N–H and O–H groups in total. The Bertz CT molecular complexity index is 959. The summed E-state index contributed by atoms with van der Waals surface area (Å²) < 4.78 is 17.6. The molecule has 0 aliphatic rings. The molecule has 0 bridgehead atoms. The number of halogens is 1. The topological polar surface area (TPSA) is 52.1 Å². The molecule has 0 spiro atoms. The average Bonchev–Trinajstić information content (AvgIpc) is 2.76. The fourth-order valence-electron chi connectivity index (χ4n) is 2.70. The summed E-state index contributed by atoms with van der Waals surface area (Å²) in [6.45, 7) is 1.07. The minimum absolute atomic E-state index is 0.497. The molecular weight excluding hydrogens is 432 g/mol. The van der Waals surface area contributed by atoms with E-state index < -0.39 is 0 Å². The summed E-state index contributed by atoms with van der Waals surface area (Å²) in [5.74, 6) is 2.19. The van der Waals surface area contributed by atoms with Gasteiger partial charge in [-0.05, 0) is 47.5 Å². The number of para-hydroxylation sites is 1. The lowest BCUT2D eigenvalue weighted by Crippen LogP contribution is -2.06. The Labute approximate surface area is 179 Å². The number of hydrazone groups is 1. The van der Waals surface area contributed by atoms with Crippen LogP contribution in [-0.4, -0.2) is 20.4 Å². The van der Waals surface area contributed by atoms with Crippen molar-refractivity contribution in [3.05, 3.63) is 87.9 Å². The molecule has 0 aliphatic heterocycles. The second-order valence-electron chi connectivity index (χ2n) is 6.24. The van der Waals surface area contributed by atoms with Gasteiger partial charge in [0, 0.05) is 10.0 Å². The van der Waals surface area contributed by atoms with Crippen LogP contribution in [0.1, 0.15) is 16.7 Å². The molecular formula is C23H23BrN2O3. The Balaban J connectivity index is 1.58. The first-order valence-electron chi connectivity index (χ1n) is 9.12. The fourth-order valence-corrected chi connectivity index (χ4v) is 2.97. The van der Waals surface area contributed by atoms with Gasteiger partial charge in [-0.3, -0.25) is 0 Å². The van der Waals surface area contributed by atoms with Crippen LogP contribution in [0.15, 0.2) is 76.3 Å². The first-order chi connectivity index (χ1) is 14.2. The summed E-state index contributed by atoms with van der Waals surface area (Å²) in [5.41, 5.74) is 6.11. The predicted octanol–water partition coefficient (Wildman–Crippen LogP) is 5.17. The van der Waals surface area contributed by atoms with Gasteiger partial charge >= 0.3 is 0 Å². The molecule has 0 aromatic heterocycles. The number of ether oxygens (including phenoxy) is 3. The lowest BCUT2D eigenvalue weighted by Gasteiger charge is -2.10. The summed E-state index contributed by atoms with van der Waals surface area (Å²) in [6.07, 6.45) is 1.76. The van der Waals surface area contributed by atoms with Crippen molar-refractivity contribution >= 4 is 22.1 Å². The van der Waals surface area contributed by atoms with E-state index in [1.807, 2.05) is 66.7 Å². The third-order valence-electron chi connectivity index (χ3n) is 4.25. The first kappa shape index (κ1) is 20.7. The summed E-state index contributed by atoms with van der Waals surface area (Å²) in [4.78, 5) is 0. The number of nitrogens with one attached hydrogen (secondary N) is 1. The van der Waals surface area contributed by atoms with Crippen molar-refractivity contribution in [2.24, 2.45) is 5.10 Å². The van der Waals surface area contributed by atoms with Gasteiger partial charge in [-0.1, -0.05) is 46.3 Å². The van der Waals surface area contributed by atoms with Gasteiger partial charge in [0.15, 0.2) is 11.5 Å². The van der Waals surface area contributed by atoms with Crippen molar-refractivity contribution in [3.63, 3.8) is 0 Å². The monoisotopic (exact) mass is 454 g/mol. The number of hydrogen-bond donors (Lipinski definition) is 1. The highest BCUT2D eigenvalue weighted by Crippen LogP contribution is 2.27. The molecule has 150 valence electrons. The number of nitrogens with zero attached hydrogens (tertiary/aromatic N) is 1. The van der Waals surface area contributed by atoms with Crippen molar-refractivity contribution in [2.45, 2.75) is 13.2 Å². The van der Waals surface area contributed by atoms with Crippen LogP contribution in [-0.2, 0) is 13.2 Å². The molecule has 6 heteroatoms. The van der Waals surface area contributed by atoms with Gasteiger partial charge in [0.1, 0.15) is 12.4 Å². The Kier molecular flexibility index (Phi) is 7.53. The third-order valence-corrected chi connectivity index (χ3v) is 4.78. The Hall–Kier alpha value is -2.99. The highest BCUT2D eigenvalue weighted by Gasteiger charge is 2.04. The summed E-state index contributed by atoms with van der Waals surface area (Å²) in [5, 5.41) is 4.33. The van der Waals surface area contributed by atoms with Crippen LogP contribution in [0.25, 0.3) is 0 Å². The molecule has 3 aromatic rings. The average molecular weight is 455 g/mol. The van der Waals surface area contributed by atoms with Crippen molar-refractivity contribution < 1.29 is 14.2 Å². The van der Waals surface area contributed by atoms with Gasteiger partial charge in [0.2, 0.25) is 0 Å². The lowest BCUT2D eigenvalue weighted by molar-refractivity contribution is 0.306. The molecule has 0 radical (unpaired) electrons. The molecule has 0 fully saturated rings. The highest BCUT2D eigenvalue weighted by molar-refractivity contribution is 9.10. The van der Waals surface area contributed by atoms with E-state index >= 15 is 0 Å². The van der Waals surface area contributed by atoms with E-state index in [2.05, 4.69) is 26.5 Å². The molecule has 0 unspecified atom stereocenters. The Morgan fingerprint density at radius 1 is 0.862 bits per heavy atom. The number of rotatable bonds is 9. The van der Waals surface area contributed by atoms with E-state index in [0.717, 1.165) is 26.9 Å². The van der Waals surface area contributed by atoms with Gasteiger partial charge in [0.05, 0.1) is 27.0 Å². The molecule has 3 rings (SSSR count). The molecule has 0 saturated carbocycles. The van der Waals surface area contributed by atoms with Gasteiger partial charge in [-0.15, -0.1) is 0 Å². The quantitative estimate of drug-likeness (QED) is 0.357. The second-order valence-corrected chi connectivity index (χ2v) is 7.15. The zero-order chi connectivity index (χ0) is 20.5. The van der Waals surface area contributed by atoms with Crippen LogP contribution in [0.2, 0.25) is 0 Å². The second kappa shape index (κ2) is 10.5. The largest absolute Gasteiger partial charge is 0.493 e. The van der Waals surface area contributed by atoms with Gasteiger partial charge in [0.25, 0.3) is 0 Å². The maximum Gasteiger partial charge on any atom is 0.161 e. The van der Waals surface area contributed by atoms with Gasteiger partial charge in [-0.2, -0.15) is 5.10 Å². The van der Waals surface area contributed by atoms with E-state index in [4.69, 9.17) is 14.2 Å². The van der Waals surface area contributed by atoms with E-state index in [0.29, 0.717) is 24.7 Å². The maximum absolute atomic E-state index is 5.97. The smallest absolute Gasteiger partial charge is 0.161 e. The highest BCUT2D eigenvalue weighted by atomic mass is 79.9.